The summed E-state index contributed by atoms with van der Waals surface area (Å²) in [5, 5.41) is 10.5. The predicted molar refractivity (Wildman–Crippen MR) is 193 cm³/mol. The maximum absolute atomic E-state index is 12.7. The van der Waals surface area contributed by atoms with E-state index in [1.165, 1.54) is 77.0 Å². The number of nitrogen functional groups attached to an aromatic ring is 1. The zero-order chi connectivity index (χ0) is 32.8. The molecule has 4 rings (SSSR count). The van der Waals surface area contributed by atoms with E-state index in [1.54, 1.807) is 13.3 Å². The third-order valence-electron chi connectivity index (χ3n) is 8.87. The number of aromatic nitrogens is 6. The molecule has 4 aromatic rings. The van der Waals surface area contributed by atoms with Gasteiger partial charge in [-0.15, -0.1) is 5.10 Å². The Bertz CT molecular complexity index is 1540. The van der Waals surface area contributed by atoms with Crippen LogP contribution >= 0.6 is 7.14 Å². The van der Waals surface area contributed by atoms with Gasteiger partial charge in [0.15, 0.2) is 5.82 Å². The first-order chi connectivity index (χ1) is 22.3. The van der Waals surface area contributed by atoms with Crippen LogP contribution < -0.4 is 15.9 Å². The molecule has 0 radical (unpaired) electrons. The van der Waals surface area contributed by atoms with Crippen molar-refractivity contribution in [3.05, 3.63) is 35.9 Å². The monoisotopic (exact) mass is 651 g/mol. The predicted octanol–water partition coefficient (Wildman–Crippen LogP) is 8.50. The fourth-order valence-electron chi connectivity index (χ4n) is 6.07. The first-order valence-electron chi connectivity index (χ1n) is 18.0. The van der Waals surface area contributed by atoms with Gasteiger partial charge in [-0.1, -0.05) is 102 Å². The lowest BCUT2D eigenvalue weighted by Gasteiger charge is -2.13. The normalized spacial score (nSPS) is 12.1. The Kier molecular flexibility index (Phi) is 14.4. The molecule has 0 atom stereocenters. The number of nitrogens with zero attached hydrogens (tertiary/aromatic N) is 6. The minimum atomic E-state index is -2.43. The lowest BCUT2D eigenvalue weighted by atomic mass is 10.0. The van der Waals surface area contributed by atoms with Crippen LogP contribution in [-0.2, 0) is 24.0 Å². The first-order valence-corrected chi connectivity index (χ1v) is 20.6. The van der Waals surface area contributed by atoms with Gasteiger partial charge in [0.25, 0.3) is 0 Å². The molecule has 3 aromatic heterocycles. The molecule has 0 unspecified atom stereocenters. The number of anilines is 1. The van der Waals surface area contributed by atoms with E-state index in [0.29, 0.717) is 23.5 Å². The van der Waals surface area contributed by atoms with Crippen LogP contribution in [0.1, 0.15) is 128 Å². The Morgan fingerprint density at radius 1 is 0.804 bits per heavy atom. The minimum Gasteiger partial charge on any atom is -0.412 e. The van der Waals surface area contributed by atoms with Crippen LogP contribution in [0.25, 0.3) is 21.9 Å². The number of fused-ring (bicyclic) bond motifs is 3. The summed E-state index contributed by atoms with van der Waals surface area (Å²) >= 11 is 0. The van der Waals surface area contributed by atoms with Gasteiger partial charge in [0.1, 0.15) is 30.6 Å². The first kappa shape index (κ1) is 35.9. The van der Waals surface area contributed by atoms with Crippen LogP contribution in [0.3, 0.4) is 0 Å². The minimum absolute atomic E-state index is 0.368. The number of aryl methyl sites for hydroxylation is 3. The third kappa shape index (κ3) is 10.5. The average molecular weight is 652 g/mol. The molecule has 254 valence electrons. The lowest BCUT2D eigenvalue weighted by molar-refractivity contribution is 0.108. The summed E-state index contributed by atoms with van der Waals surface area (Å²) in [5.74, 6) is 1.23. The zero-order valence-corrected chi connectivity index (χ0v) is 29.9. The van der Waals surface area contributed by atoms with Crippen molar-refractivity contribution in [1.82, 2.24) is 29.7 Å². The Hall–Kier alpha value is -2.93. The number of rotatable bonds is 23. The molecule has 0 aliphatic carbocycles. The number of hydrogen-bond acceptors (Lipinski definition) is 7. The summed E-state index contributed by atoms with van der Waals surface area (Å²) in [6.45, 7) is 9.36. The van der Waals surface area contributed by atoms with Gasteiger partial charge in [-0.05, 0) is 57.6 Å². The topological polar surface area (TPSA) is 114 Å². The van der Waals surface area contributed by atoms with E-state index >= 15 is 0 Å². The van der Waals surface area contributed by atoms with Crippen LogP contribution in [-0.4, -0.2) is 49.6 Å². The van der Waals surface area contributed by atoms with Crippen molar-refractivity contribution >= 4 is 40.2 Å². The summed E-state index contributed by atoms with van der Waals surface area (Å²) in [7, 11) is -2.43. The molecule has 0 spiro atoms. The van der Waals surface area contributed by atoms with Gasteiger partial charge in [0.2, 0.25) is 0 Å². The van der Waals surface area contributed by atoms with Crippen molar-refractivity contribution in [1.29, 1.82) is 0 Å². The fraction of sp³-hybridized carbons (Fsp3) is 0.667. The standard InChI is InChI=1S/C36H58N7O2P/c1-5-7-9-10-11-12-13-14-15-16-17-18-21-29-28-42(41-40-29)25-19-20-26-45-43-33(22-8-6-2)39-34-35(43)31-24-23-30(46(3,4)44)27-32(31)38-36(34)37/h23-24,27-28H,5-22,25-26H2,1-4H3,(H2,37,38). The number of imidazole rings is 1. The summed E-state index contributed by atoms with van der Waals surface area (Å²) in [5.41, 5.74) is 9.69. The van der Waals surface area contributed by atoms with Gasteiger partial charge in [-0.3, -0.25) is 4.68 Å². The Morgan fingerprint density at radius 2 is 1.48 bits per heavy atom. The molecular weight excluding hydrogens is 593 g/mol. The molecule has 10 heteroatoms. The van der Waals surface area contributed by atoms with Crippen LogP contribution in [0, 0.1) is 0 Å². The smallest absolute Gasteiger partial charge is 0.152 e. The zero-order valence-electron chi connectivity index (χ0n) is 29.0. The van der Waals surface area contributed by atoms with E-state index in [4.69, 9.17) is 15.6 Å². The van der Waals surface area contributed by atoms with Gasteiger partial charge in [-0.2, -0.15) is 4.73 Å². The summed E-state index contributed by atoms with van der Waals surface area (Å²) in [6, 6.07) is 5.79. The number of nitrogens with two attached hydrogens (primary N) is 1. The quantitative estimate of drug-likeness (QED) is 0.0632. The molecule has 0 fully saturated rings. The molecule has 2 N–H and O–H groups in total. The second-order valence-electron chi connectivity index (χ2n) is 13.3. The third-order valence-corrected chi connectivity index (χ3v) is 10.4. The van der Waals surface area contributed by atoms with Crippen LogP contribution in [0.4, 0.5) is 5.82 Å². The molecule has 46 heavy (non-hydrogen) atoms. The van der Waals surface area contributed by atoms with Gasteiger partial charge in [0.05, 0.1) is 11.2 Å². The Balaban J connectivity index is 1.22. The van der Waals surface area contributed by atoms with E-state index in [-0.39, 0.29) is 0 Å². The number of unbranched alkanes of at least 4 members (excludes halogenated alkanes) is 13. The van der Waals surface area contributed by atoms with E-state index < -0.39 is 7.14 Å². The molecule has 0 saturated heterocycles. The van der Waals surface area contributed by atoms with Crippen molar-refractivity contribution in [3.8, 4) is 0 Å². The van der Waals surface area contributed by atoms with Crippen LogP contribution in [0.5, 0.6) is 0 Å². The van der Waals surface area contributed by atoms with Crippen molar-refractivity contribution in [2.45, 2.75) is 136 Å². The summed E-state index contributed by atoms with van der Waals surface area (Å²) < 4.78 is 16.6. The molecule has 0 amide bonds. The number of pyridine rings is 1. The Labute approximate surface area is 276 Å². The maximum atomic E-state index is 12.7. The highest BCUT2D eigenvalue weighted by molar-refractivity contribution is 7.70. The fourth-order valence-corrected chi connectivity index (χ4v) is 6.94. The Morgan fingerprint density at radius 3 is 2.15 bits per heavy atom. The van der Waals surface area contributed by atoms with E-state index in [9.17, 15) is 4.57 Å². The van der Waals surface area contributed by atoms with E-state index in [0.717, 1.165) is 72.8 Å². The molecule has 9 nitrogen and oxygen atoms in total. The largest absolute Gasteiger partial charge is 0.412 e. The van der Waals surface area contributed by atoms with Crippen LogP contribution in [0.15, 0.2) is 24.4 Å². The van der Waals surface area contributed by atoms with Gasteiger partial charge >= 0.3 is 0 Å². The highest BCUT2D eigenvalue weighted by Gasteiger charge is 2.20. The van der Waals surface area contributed by atoms with Crippen molar-refractivity contribution < 1.29 is 9.40 Å². The number of benzene rings is 1. The highest BCUT2D eigenvalue weighted by Crippen LogP contribution is 2.36. The van der Waals surface area contributed by atoms with Gasteiger partial charge in [-0.25, -0.2) is 9.97 Å². The molecule has 0 saturated carbocycles. The van der Waals surface area contributed by atoms with Crippen molar-refractivity contribution in [2.75, 3.05) is 25.7 Å². The second kappa shape index (κ2) is 18.4. The van der Waals surface area contributed by atoms with Crippen molar-refractivity contribution in [2.24, 2.45) is 0 Å². The molecule has 0 aliphatic heterocycles. The van der Waals surface area contributed by atoms with E-state index in [2.05, 4.69) is 35.3 Å². The summed E-state index contributed by atoms with van der Waals surface area (Å²) in [4.78, 5) is 15.9. The molecule has 1 aromatic carbocycles. The highest BCUT2D eigenvalue weighted by atomic mass is 31.2. The summed E-state index contributed by atoms with van der Waals surface area (Å²) in [6.07, 6.45) is 24.1. The SMILES string of the molecule is CCCCCCCCCCCCCCc1cn(CCCCOn2c(CCCC)nc3c(N)nc4cc(P(C)(C)=O)ccc4c32)nn1. The lowest BCUT2D eigenvalue weighted by Crippen LogP contribution is -2.17. The molecule has 3 heterocycles. The maximum Gasteiger partial charge on any atom is 0.152 e. The molecule has 0 bridgehead atoms. The van der Waals surface area contributed by atoms with Crippen molar-refractivity contribution in [3.63, 3.8) is 0 Å². The second-order valence-corrected chi connectivity index (χ2v) is 16.5. The van der Waals surface area contributed by atoms with Crippen LogP contribution in [0.2, 0.25) is 0 Å². The molecular formula is C36H58N7O2P. The number of hydrogen-bond donors (Lipinski definition) is 1. The van der Waals surface area contributed by atoms with Gasteiger partial charge < -0.3 is 15.1 Å². The average Bonchev–Trinajstić information content (AvgIpc) is 3.64. The molecule has 0 aliphatic rings. The van der Waals surface area contributed by atoms with E-state index in [1.807, 2.05) is 27.6 Å². The van der Waals surface area contributed by atoms with Gasteiger partial charge in [0, 0.05) is 29.9 Å².